The molecule has 134 valence electrons. The Hall–Kier alpha value is -0.120. The summed E-state index contributed by atoms with van der Waals surface area (Å²) in [6, 6.07) is 0. The molecule has 1 fully saturated rings. The van der Waals surface area contributed by atoms with Gasteiger partial charge in [-0.25, -0.2) is 0 Å². The first-order valence-corrected chi connectivity index (χ1v) is 9.68. The third kappa shape index (κ3) is 17.9. The van der Waals surface area contributed by atoms with E-state index in [1.807, 2.05) is 0 Å². The third-order valence-corrected chi connectivity index (χ3v) is 4.31. The van der Waals surface area contributed by atoms with Crippen molar-refractivity contribution in [2.24, 2.45) is 0 Å². The molecule has 1 saturated carbocycles. The van der Waals surface area contributed by atoms with Crippen LogP contribution in [-0.2, 0) is 4.74 Å². The van der Waals surface area contributed by atoms with E-state index >= 15 is 0 Å². The molecule has 0 amide bonds. The number of unbranched alkanes of at least 4 members (excludes halogenated alkanes) is 9. The fraction of sp³-hybridized carbons (Fsp3) is 1.00. The first kappa shape index (κ1) is 21.9. The van der Waals surface area contributed by atoms with Crippen molar-refractivity contribution in [3.63, 3.8) is 0 Å². The number of ether oxygens (including phenoxy) is 1. The molecular weight excluding hydrogens is 276 g/mol. The minimum absolute atomic E-state index is 0.0359. The summed E-state index contributed by atoms with van der Waals surface area (Å²) in [5.74, 6) is 0. The van der Waals surface area contributed by atoms with Gasteiger partial charge < -0.3 is 14.9 Å². The molecule has 1 aliphatic carbocycles. The van der Waals surface area contributed by atoms with Crippen LogP contribution in [0.2, 0.25) is 0 Å². The van der Waals surface area contributed by atoms with Gasteiger partial charge in [-0.15, -0.1) is 0 Å². The first-order chi connectivity index (χ1) is 10.8. The van der Waals surface area contributed by atoms with Crippen LogP contribution in [0.25, 0.3) is 0 Å². The molecule has 1 aliphatic rings. The number of hydrogen-bond acceptors (Lipinski definition) is 3. The molecule has 0 aliphatic heterocycles. The average molecular weight is 317 g/mol. The first-order valence-electron chi connectivity index (χ1n) is 9.68. The van der Waals surface area contributed by atoms with E-state index in [4.69, 9.17) is 14.9 Å². The van der Waals surface area contributed by atoms with Crippen molar-refractivity contribution in [1.82, 2.24) is 0 Å². The van der Waals surface area contributed by atoms with Crippen LogP contribution in [0.3, 0.4) is 0 Å². The summed E-state index contributed by atoms with van der Waals surface area (Å²) < 4.78 is 4.86. The Labute approximate surface area is 138 Å². The van der Waals surface area contributed by atoms with Crippen molar-refractivity contribution in [2.45, 2.75) is 109 Å². The summed E-state index contributed by atoms with van der Waals surface area (Å²) in [6.45, 7) is 2.85. The Morgan fingerprint density at radius 2 is 1.27 bits per heavy atom. The van der Waals surface area contributed by atoms with Gasteiger partial charge in [0.15, 0.2) is 0 Å². The lowest BCUT2D eigenvalue weighted by Crippen LogP contribution is -2.09. The van der Waals surface area contributed by atoms with Crippen LogP contribution in [-0.4, -0.2) is 29.7 Å². The third-order valence-electron chi connectivity index (χ3n) is 4.31. The van der Waals surface area contributed by atoms with Crippen LogP contribution in [0.4, 0.5) is 0 Å². The van der Waals surface area contributed by atoms with Gasteiger partial charge in [-0.05, 0) is 19.3 Å². The van der Waals surface area contributed by atoms with Crippen molar-refractivity contribution in [3.8, 4) is 0 Å². The fourth-order valence-electron chi connectivity index (χ4n) is 2.84. The molecule has 0 heterocycles. The van der Waals surface area contributed by atoms with Gasteiger partial charge in [0.1, 0.15) is 6.79 Å². The molecule has 0 unspecified atom stereocenters. The summed E-state index contributed by atoms with van der Waals surface area (Å²) in [5.41, 5.74) is 0. The van der Waals surface area contributed by atoms with E-state index in [0.29, 0.717) is 6.61 Å². The molecule has 22 heavy (non-hydrogen) atoms. The van der Waals surface area contributed by atoms with Crippen LogP contribution in [0.5, 0.6) is 0 Å². The molecule has 0 saturated heterocycles. The van der Waals surface area contributed by atoms with Crippen molar-refractivity contribution in [2.75, 3.05) is 13.4 Å². The molecule has 3 nitrogen and oxygen atoms in total. The van der Waals surface area contributed by atoms with Crippen molar-refractivity contribution >= 4 is 0 Å². The number of aliphatic hydroxyl groups excluding tert-OH is 2. The monoisotopic (exact) mass is 316 g/mol. The fourth-order valence-corrected chi connectivity index (χ4v) is 2.84. The van der Waals surface area contributed by atoms with Crippen molar-refractivity contribution in [3.05, 3.63) is 0 Å². The van der Waals surface area contributed by atoms with Gasteiger partial charge in [-0.3, -0.25) is 0 Å². The topological polar surface area (TPSA) is 49.7 Å². The van der Waals surface area contributed by atoms with Gasteiger partial charge >= 0.3 is 0 Å². The van der Waals surface area contributed by atoms with Gasteiger partial charge in [0, 0.05) is 6.61 Å². The zero-order valence-corrected chi connectivity index (χ0v) is 14.9. The summed E-state index contributed by atoms with van der Waals surface area (Å²) in [6.07, 6.45) is 19.3. The summed E-state index contributed by atoms with van der Waals surface area (Å²) >= 11 is 0. The van der Waals surface area contributed by atoms with Crippen molar-refractivity contribution in [1.29, 1.82) is 0 Å². The summed E-state index contributed by atoms with van der Waals surface area (Å²) in [4.78, 5) is 0. The molecular formula is C19H40O3. The van der Waals surface area contributed by atoms with Gasteiger partial charge in [0.2, 0.25) is 0 Å². The Bertz CT molecular complexity index is 179. The van der Waals surface area contributed by atoms with Gasteiger partial charge in [-0.2, -0.15) is 0 Å². The Balaban J connectivity index is 0.000000518. The van der Waals surface area contributed by atoms with Crippen molar-refractivity contribution < 1.29 is 14.9 Å². The minimum Gasteiger partial charge on any atom is -0.393 e. The zero-order chi connectivity index (χ0) is 16.3. The van der Waals surface area contributed by atoms with Gasteiger partial charge in [0.05, 0.1) is 6.10 Å². The standard InChI is InChI=1S/C13H28O2.C6H12O/c1-2-3-4-5-6-7-8-9-10-11-12-15-13-14;7-6-4-2-1-3-5-6/h14H,2-13H2,1H3;6-7H,1-5H2. The lowest BCUT2D eigenvalue weighted by molar-refractivity contribution is -0.00284. The predicted molar refractivity (Wildman–Crippen MR) is 94.0 cm³/mol. The van der Waals surface area contributed by atoms with Crippen LogP contribution >= 0.6 is 0 Å². The smallest absolute Gasteiger partial charge is 0.143 e. The number of rotatable bonds is 12. The highest BCUT2D eigenvalue weighted by Gasteiger charge is 2.07. The molecule has 0 bridgehead atoms. The van der Waals surface area contributed by atoms with E-state index in [9.17, 15) is 0 Å². The highest BCUT2D eigenvalue weighted by atomic mass is 16.6. The largest absolute Gasteiger partial charge is 0.393 e. The second-order valence-corrected chi connectivity index (χ2v) is 6.51. The van der Waals surface area contributed by atoms with Gasteiger partial charge in [0.25, 0.3) is 0 Å². The number of hydrogen-bond donors (Lipinski definition) is 2. The molecule has 1 rings (SSSR count). The molecule has 0 atom stereocenters. The maximum Gasteiger partial charge on any atom is 0.143 e. The molecule has 0 spiro atoms. The van der Waals surface area contributed by atoms with Crippen LogP contribution in [0.15, 0.2) is 0 Å². The predicted octanol–water partition coefficient (Wildman–Crippen LogP) is 5.19. The lowest BCUT2D eigenvalue weighted by Gasteiger charge is -2.14. The normalized spacial score (nSPS) is 15.4. The van der Waals surface area contributed by atoms with E-state index in [0.717, 1.165) is 19.3 Å². The van der Waals surface area contributed by atoms with E-state index in [1.54, 1.807) is 0 Å². The second kappa shape index (κ2) is 18.9. The molecule has 0 aromatic rings. The molecule has 3 heteroatoms. The molecule has 2 N–H and O–H groups in total. The van der Waals surface area contributed by atoms with E-state index in [-0.39, 0.29) is 12.9 Å². The van der Waals surface area contributed by atoms with E-state index in [2.05, 4.69) is 6.92 Å². The van der Waals surface area contributed by atoms with Crippen LogP contribution in [0, 0.1) is 0 Å². The number of aliphatic hydroxyl groups is 2. The highest BCUT2D eigenvalue weighted by Crippen LogP contribution is 2.16. The van der Waals surface area contributed by atoms with E-state index in [1.165, 1.54) is 77.0 Å². The maximum atomic E-state index is 8.91. The minimum atomic E-state index is -0.128. The Kier molecular flexibility index (Phi) is 18.8. The lowest BCUT2D eigenvalue weighted by atomic mass is 9.98. The van der Waals surface area contributed by atoms with Crippen LogP contribution in [0.1, 0.15) is 103 Å². The highest BCUT2D eigenvalue weighted by molar-refractivity contribution is 4.61. The second-order valence-electron chi connectivity index (χ2n) is 6.51. The average Bonchev–Trinajstić information content (AvgIpc) is 2.54. The van der Waals surface area contributed by atoms with Gasteiger partial charge in [-0.1, -0.05) is 84.0 Å². The zero-order valence-electron chi connectivity index (χ0n) is 14.9. The molecule has 0 aromatic carbocycles. The quantitative estimate of drug-likeness (QED) is 0.385. The molecule has 0 aromatic heterocycles. The van der Waals surface area contributed by atoms with E-state index < -0.39 is 0 Å². The van der Waals surface area contributed by atoms with Crippen LogP contribution < -0.4 is 0 Å². The summed E-state index contributed by atoms with van der Waals surface area (Å²) in [7, 11) is 0. The summed E-state index contributed by atoms with van der Waals surface area (Å²) in [5, 5.41) is 17.3. The Morgan fingerprint density at radius 1 is 0.773 bits per heavy atom. The Morgan fingerprint density at radius 3 is 1.68 bits per heavy atom. The molecule has 0 radical (unpaired) electrons. The maximum absolute atomic E-state index is 8.91. The SMILES string of the molecule is CCCCCCCCCCCCOCO.OC1CCCCC1.